The maximum absolute atomic E-state index is 12.1. The van der Waals surface area contributed by atoms with Crippen molar-refractivity contribution in [2.45, 2.75) is 44.7 Å². The van der Waals surface area contributed by atoms with E-state index >= 15 is 0 Å². The predicted octanol–water partition coefficient (Wildman–Crippen LogP) is 4.48. The van der Waals surface area contributed by atoms with E-state index in [0.29, 0.717) is 18.4 Å². The van der Waals surface area contributed by atoms with Crippen molar-refractivity contribution in [1.82, 2.24) is 0 Å². The van der Waals surface area contributed by atoms with Gasteiger partial charge in [0.25, 0.3) is 0 Å². The molecule has 12 nitrogen and oxygen atoms in total. The number of carbonyl (C=O) groups is 4. The van der Waals surface area contributed by atoms with Gasteiger partial charge >= 0.3 is 23.9 Å². The Morgan fingerprint density at radius 1 is 0.619 bits per heavy atom. The number of carboxylic acids is 4. The molecule has 6 N–H and O–H groups in total. The van der Waals surface area contributed by atoms with Crippen molar-refractivity contribution in [3.8, 4) is 0 Å². The number of carboxylic acid groups (broad SMARTS) is 4. The third-order valence-corrected chi connectivity index (χ3v) is 10.1. The quantitative estimate of drug-likeness (QED) is 0.126. The van der Waals surface area contributed by atoms with E-state index in [1.807, 2.05) is 30.3 Å². The lowest BCUT2D eigenvalue weighted by Crippen LogP contribution is -2.20. The summed E-state index contributed by atoms with van der Waals surface area (Å²) in [6.07, 6.45) is -0.638. The Bertz CT molecular complexity index is 1250. The maximum atomic E-state index is 12.1. The number of rotatable bonds is 18. The van der Waals surface area contributed by atoms with Crippen LogP contribution in [0.4, 0.5) is 0 Å². The largest absolute Gasteiger partial charge is 0.481 e. The van der Waals surface area contributed by atoms with Crippen molar-refractivity contribution in [2.24, 2.45) is 11.8 Å². The fraction of sp³-hybridized carbons (Fsp3) is 0.429. The second-order valence-corrected chi connectivity index (χ2v) is 14.8. The van der Waals surface area contributed by atoms with Gasteiger partial charge in [-0.25, -0.2) is 0 Å². The third kappa shape index (κ3) is 16.8. The summed E-state index contributed by atoms with van der Waals surface area (Å²) < 4.78 is 24.2. The Morgan fingerprint density at radius 2 is 1.02 bits per heavy atom. The summed E-state index contributed by atoms with van der Waals surface area (Å²) in [6, 6.07) is 18.1. The zero-order chi connectivity index (χ0) is 31.8. The molecule has 232 valence electrons. The molecular formula is C28H38O12P2. The molecule has 0 fully saturated rings. The van der Waals surface area contributed by atoms with Gasteiger partial charge in [0.1, 0.15) is 0 Å². The number of hydrogen-bond donors (Lipinski definition) is 6. The van der Waals surface area contributed by atoms with E-state index in [1.54, 1.807) is 30.3 Å². The zero-order valence-electron chi connectivity index (χ0n) is 23.0. The van der Waals surface area contributed by atoms with Crippen LogP contribution < -0.4 is 0 Å². The predicted molar refractivity (Wildman–Crippen MR) is 155 cm³/mol. The minimum absolute atomic E-state index is 0.0404. The van der Waals surface area contributed by atoms with Crippen molar-refractivity contribution in [3.63, 3.8) is 0 Å². The fourth-order valence-electron chi connectivity index (χ4n) is 4.07. The molecule has 4 unspecified atom stereocenters. The highest BCUT2D eigenvalue weighted by molar-refractivity contribution is 7.58. The number of aliphatic carboxylic acids is 4. The van der Waals surface area contributed by atoms with Gasteiger partial charge < -0.3 is 30.2 Å². The van der Waals surface area contributed by atoms with E-state index in [-0.39, 0.29) is 44.2 Å². The van der Waals surface area contributed by atoms with Crippen LogP contribution in [0, 0.1) is 11.8 Å². The third-order valence-electron chi connectivity index (χ3n) is 6.21. The molecule has 0 saturated carbocycles. The lowest BCUT2D eigenvalue weighted by molar-refractivity contribution is -0.144. The Balaban J connectivity index is 0.000000422. The van der Waals surface area contributed by atoms with Crippen molar-refractivity contribution < 1.29 is 58.5 Å². The SMILES string of the molecule is O=C(O)CCC(CP(=O)(O)CCCc1ccccc1)C(=O)O.O=C(O)CCC(CP(=O)(O)Cc1ccccc1)C(=O)O. The van der Waals surface area contributed by atoms with E-state index < -0.39 is 56.6 Å². The highest BCUT2D eigenvalue weighted by Crippen LogP contribution is 2.47. The molecule has 0 aliphatic heterocycles. The first-order chi connectivity index (χ1) is 19.6. The van der Waals surface area contributed by atoms with E-state index in [9.17, 15) is 38.1 Å². The standard InChI is InChI=1S/C15H21O6P.C13H17O6P/c16-14(17)9-8-13(15(18)19)11-22(20,21)10-4-7-12-5-2-1-3-6-12;14-12(15)7-6-11(13(16)17)9-20(18,19)8-10-4-2-1-3-5-10/h1-3,5-6,13H,4,7-11H2,(H,16,17)(H,18,19)(H,20,21);1-5,11H,6-9H2,(H,14,15)(H,16,17)(H,18,19). The van der Waals surface area contributed by atoms with Crippen molar-refractivity contribution in [2.75, 3.05) is 18.5 Å². The molecule has 0 aliphatic carbocycles. The van der Waals surface area contributed by atoms with Gasteiger partial charge in [-0.05, 0) is 36.8 Å². The summed E-state index contributed by atoms with van der Waals surface area (Å²) >= 11 is 0. The van der Waals surface area contributed by atoms with Gasteiger partial charge in [-0.15, -0.1) is 0 Å². The molecule has 0 bridgehead atoms. The van der Waals surface area contributed by atoms with Crippen molar-refractivity contribution in [3.05, 3.63) is 71.8 Å². The zero-order valence-corrected chi connectivity index (χ0v) is 24.8. The molecule has 2 rings (SSSR count). The van der Waals surface area contributed by atoms with E-state index in [0.717, 1.165) is 5.56 Å². The lowest BCUT2D eigenvalue weighted by atomic mass is 10.1. The Kier molecular flexibility index (Phi) is 16.0. The molecule has 0 heterocycles. The lowest BCUT2D eigenvalue weighted by Gasteiger charge is -2.16. The summed E-state index contributed by atoms with van der Waals surface area (Å²) in [5, 5.41) is 35.2. The minimum atomic E-state index is -3.66. The summed E-state index contributed by atoms with van der Waals surface area (Å²) in [7, 11) is -7.23. The topological polar surface area (TPSA) is 224 Å². The van der Waals surface area contributed by atoms with Crippen LogP contribution in [0.15, 0.2) is 60.7 Å². The van der Waals surface area contributed by atoms with Crippen LogP contribution in [0.5, 0.6) is 0 Å². The monoisotopic (exact) mass is 628 g/mol. The van der Waals surface area contributed by atoms with E-state index in [4.69, 9.17) is 20.4 Å². The molecule has 14 heteroatoms. The summed E-state index contributed by atoms with van der Waals surface area (Å²) in [5.74, 6) is -6.91. The van der Waals surface area contributed by atoms with Gasteiger partial charge in [-0.3, -0.25) is 28.3 Å². The van der Waals surface area contributed by atoms with Gasteiger partial charge in [0, 0.05) is 37.5 Å². The highest BCUT2D eigenvalue weighted by atomic mass is 31.2. The Hall–Kier alpha value is -3.30. The molecule has 2 aromatic rings. The molecule has 2 aromatic carbocycles. The maximum Gasteiger partial charge on any atom is 0.307 e. The first kappa shape index (κ1) is 36.7. The molecular weight excluding hydrogens is 590 g/mol. The van der Waals surface area contributed by atoms with Crippen LogP contribution in [-0.4, -0.2) is 72.6 Å². The summed E-state index contributed by atoms with van der Waals surface area (Å²) in [6.45, 7) is 0. The Morgan fingerprint density at radius 3 is 1.43 bits per heavy atom. The average Bonchev–Trinajstić information content (AvgIpc) is 2.89. The van der Waals surface area contributed by atoms with Gasteiger partial charge in [-0.1, -0.05) is 60.7 Å². The van der Waals surface area contributed by atoms with Crippen LogP contribution in [0.2, 0.25) is 0 Å². The van der Waals surface area contributed by atoms with Gasteiger partial charge in [0.05, 0.1) is 11.8 Å². The van der Waals surface area contributed by atoms with Crippen LogP contribution >= 0.6 is 14.7 Å². The van der Waals surface area contributed by atoms with Crippen LogP contribution in [-0.2, 0) is 40.9 Å². The van der Waals surface area contributed by atoms with Crippen LogP contribution in [0.25, 0.3) is 0 Å². The summed E-state index contributed by atoms with van der Waals surface area (Å²) in [4.78, 5) is 62.9. The second kappa shape index (κ2) is 18.3. The van der Waals surface area contributed by atoms with E-state index in [1.165, 1.54) is 0 Å². The molecule has 4 atom stereocenters. The van der Waals surface area contributed by atoms with E-state index in [2.05, 4.69) is 0 Å². The van der Waals surface area contributed by atoms with Gasteiger partial charge in [-0.2, -0.15) is 0 Å². The van der Waals surface area contributed by atoms with Crippen LogP contribution in [0.3, 0.4) is 0 Å². The first-order valence-corrected chi connectivity index (χ1v) is 17.2. The molecule has 0 saturated heterocycles. The number of aryl methyl sites for hydroxylation is 1. The van der Waals surface area contributed by atoms with Crippen molar-refractivity contribution in [1.29, 1.82) is 0 Å². The van der Waals surface area contributed by atoms with Crippen LogP contribution in [0.1, 0.15) is 43.2 Å². The fourth-order valence-corrected chi connectivity index (χ4v) is 7.87. The Labute approximate surface area is 243 Å². The molecule has 0 amide bonds. The molecule has 0 aliphatic rings. The molecule has 42 heavy (non-hydrogen) atoms. The second-order valence-electron chi connectivity index (χ2n) is 9.95. The normalized spacial score (nSPS) is 15.1. The van der Waals surface area contributed by atoms with Gasteiger partial charge in [0.15, 0.2) is 0 Å². The average molecular weight is 629 g/mol. The molecule has 0 aromatic heterocycles. The highest BCUT2D eigenvalue weighted by Gasteiger charge is 2.30. The number of hydrogen-bond acceptors (Lipinski definition) is 6. The van der Waals surface area contributed by atoms with Gasteiger partial charge in [0.2, 0.25) is 14.7 Å². The minimum Gasteiger partial charge on any atom is -0.481 e. The molecule has 0 spiro atoms. The number of benzene rings is 2. The summed E-state index contributed by atoms with van der Waals surface area (Å²) in [5.41, 5.74) is 1.71. The van der Waals surface area contributed by atoms with Crippen molar-refractivity contribution >= 4 is 38.6 Å². The molecule has 0 radical (unpaired) electrons. The smallest absolute Gasteiger partial charge is 0.307 e. The first-order valence-electron chi connectivity index (χ1n) is 13.2.